The first-order chi connectivity index (χ1) is 16.3. The summed E-state index contributed by atoms with van der Waals surface area (Å²) in [4.78, 5) is 40.5. The molecular formula is C25H22ClN3O5. The van der Waals surface area contributed by atoms with Crippen LogP contribution in [0.15, 0.2) is 60.8 Å². The summed E-state index contributed by atoms with van der Waals surface area (Å²) in [6.07, 6.45) is 0.00545. The van der Waals surface area contributed by atoms with Crippen molar-refractivity contribution in [3.8, 4) is 11.1 Å². The molecule has 0 radical (unpaired) electrons. The van der Waals surface area contributed by atoms with Crippen molar-refractivity contribution in [2.24, 2.45) is 0 Å². The summed E-state index contributed by atoms with van der Waals surface area (Å²) in [6.45, 7) is 1.80. The first kappa shape index (κ1) is 23.3. The predicted octanol–water partition coefficient (Wildman–Crippen LogP) is 4.36. The number of ether oxygens (including phenoxy) is 1. The zero-order chi connectivity index (χ0) is 24.2. The van der Waals surface area contributed by atoms with E-state index in [1.165, 1.54) is 6.20 Å². The second kappa shape index (κ2) is 9.93. The molecule has 8 nitrogen and oxygen atoms in total. The third-order valence-electron chi connectivity index (χ3n) is 5.56. The number of hydrogen-bond acceptors (Lipinski definition) is 5. The summed E-state index contributed by atoms with van der Waals surface area (Å²) >= 11 is 6.01. The highest BCUT2D eigenvalue weighted by molar-refractivity contribution is 6.32. The molecule has 0 fully saturated rings. The third kappa shape index (κ3) is 5.02. The molecule has 9 heteroatoms. The highest BCUT2D eigenvalue weighted by Crippen LogP contribution is 2.44. The maximum Gasteiger partial charge on any atom is 0.407 e. The number of anilines is 1. The molecule has 2 amide bonds. The molecule has 2 aromatic carbocycles. The molecule has 1 aromatic heterocycles. The molecule has 174 valence electrons. The highest BCUT2D eigenvalue weighted by atomic mass is 35.5. The van der Waals surface area contributed by atoms with E-state index in [9.17, 15) is 19.5 Å². The number of nitrogens with one attached hydrogen (secondary N) is 2. The molecule has 0 spiro atoms. The largest absolute Gasteiger partial charge is 0.481 e. The van der Waals surface area contributed by atoms with Crippen LogP contribution in [0.4, 0.5) is 10.5 Å². The number of aryl methyl sites for hydroxylation is 1. The lowest BCUT2D eigenvalue weighted by Gasteiger charge is -2.19. The van der Waals surface area contributed by atoms with E-state index in [-0.39, 0.29) is 23.4 Å². The van der Waals surface area contributed by atoms with E-state index in [0.717, 1.165) is 27.8 Å². The number of pyridine rings is 1. The van der Waals surface area contributed by atoms with E-state index in [1.54, 1.807) is 13.0 Å². The van der Waals surface area contributed by atoms with Crippen LogP contribution >= 0.6 is 11.6 Å². The molecule has 1 aliphatic carbocycles. The van der Waals surface area contributed by atoms with Gasteiger partial charge in [-0.25, -0.2) is 9.78 Å². The summed E-state index contributed by atoms with van der Waals surface area (Å²) in [5.74, 6) is -2.17. The minimum atomic E-state index is -1.37. The van der Waals surface area contributed by atoms with Gasteiger partial charge in [0.15, 0.2) is 5.15 Å². The molecule has 1 atom stereocenters. The third-order valence-corrected chi connectivity index (χ3v) is 5.87. The average molecular weight is 480 g/mol. The number of carbonyl (C=O) groups is 3. The van der Waals surface area contributed by atoms with E-state index in [0.29, 0.717) is 0 Å². The van der Waals surface area contributed by atoms with Gasteiger partial charge < -0.3 is 20.5 Å². The van der Waals surface area contributed by atoms with Crippen LogP contribution in [0.1, 0.15) is 29.0 Å². The van der Waals surface area contributed by atoms with Gasteiger partial charge in [-0.2, -0.15) is 0 Å². The molecule has 4 rings (SSSR count). The van der Waals surface area contributed by atoms with Crippen LogP contribution in [0.25, 0.3) is 11.1 Å². The Hall–Kier alpha value is -3.91. The Labute approximate surface area is 200 Å². The monoisotopic (exact) mass is 479 g/mol. The van der Waals surface area contributed by atoms with Crippen LogP contribution < -0.4 is 10.6 Å². The molecule has 1 heterocycles. The summed E-state index contributed by atoms with van der Waals surface area (Å²) in [5, 5.41) is 14.1. The Morgan fingerprint density at radius 1 is 1.09 bits per heavy atom. The first-order valence-corrected chi connectivity index (χ1v) is 11.0. The molecule has 34 heavy (non-hydrogen) atoms. The standard InChI is InChI=1S/C25H22ClN3O5/c1-14-10-20(23(26)27-12-14)28-24(32)21(11-22(30)31)29-25(33)34-13-19-17-8-4-2-6-15(17)16-7-3-5-9-18(16)19/h2-10,12,19,21H,11,13H2,1H3,(H,28,32)(H,29,33)(H,30,31). The second-order valence-electron chi connectivity index (χ2n) is 7.96. The number of fused-ring (bicyclic) bond motifs is 3. The average Bonchev–Trinajstić information content (AvgIpc) is 3.13. The van der Waals surface area contributed by atoms with E-state index in [4.69, 9.17) is 16.3 Å². The molecule has 0 saturated carbocycles. The fourth-order valence-corrected chi connectivity index (χ4v) is 4.18. The van der Waals surface area contributed by atoms with E-state index < -0.39 is 30.4 Å². The Bertz CT molecular complexity index is 1220. The quantitative estimate of drug-likeness (QED) is 0.433. The number of aromatic nitrogens is 1. The van der Waals surface area contributed by atoms with E-state index >= 15 is 0 Å². The van der Waals surface area contributed by atoms with Crippen molar-refractivity contribution in [2.45, 2.75) is 25.3 Å². The number of aliphatic carboxylic acids is 1. The number of amides is 2. The molecular weight excluding hydrogens is 458 g/mol. The fraction of sp³-hybridized carbons (Fsp3) is 0.200. The van der Waals surface area contributed by atoms with Crippen LogP contribution in [0.2, 0.25) is 5.15 Å². The SMILES string of the molecule is Cc1cnc(Cl)c(NC(=O)C(CC(=O)O)NC(=O)OCC2c3ccccc3-c3ccccc32)c1. The smallest absolute Gasteiger partial charge is 0.407 e. The number of rotatable bonds is 7. The maximum atomic E-state index is 12.7. The summed E-state index contributed by atoms with van der Waals surface area (Å²) in [5.41, 5.74) is 5.21. The van der Waals surface area contributed by atoms with Gasteiger partial charge in [0.1, 0.15) is 12.6 Å². The zero-order valence-corrected chi connectivity index (χ0v) is 19.0. The van der Waals surface area contributed by atoms with Gasteiger partial charge in [0.25, 0.3) is 0 Å². The van der Waals surface area contributed by atoms with Crippen LogP contribution in [0, 0.1) is 6.92 Å². The number of hydrogen-bond donors (Lipinski definition) is 3. The summed E-state index contributed by atoms with van der Waals surface area (Å²) in [7, 11) is 0. The van der Waals surface area contributed by atoms with E-state index in [1.807, 2.05) is 48.5 Å². The van der Waals surface area contributed by atoms with Crippen molar-refractivity contribution < 1.29 is 24.2 Å². The minimum absolute atomic E-state index is 0.0366. The van der Waals surface area contributed by atoms with Gasteiger partial charge >= 0.3 is 12.1 Å². The van der Waals surface area contributed by atoms with E-state index in [2.05, 4.69) is 15.6 Å². The number of nitrogens with zero attached hydrogens (tertiary/aromatic N) is 1. The first-order valence-electron chi connectivity index (χ1n) is 10.6. The lowest BCUT2D eigenvalue weighted by molar-refractivity contribution is -0.139. The Balaban J connectivity index is 1.44. The Kier molecular flexibility index (Phi) is 6.79. The number of halogens is 1. The minimum Gasteiger partial charge on any atom is -0.481 e. The second-order valence-corrected chi connectivity index (χ2v) is 8.32. The molecule has 0 bridgehead atoms. The molecule has 3 aromatic rings. The topological polar surface area (TPSA) is 118 Å². The molecule has 0 saturated heterocycles. The van der Waals surface area contributed by atoms with Gasteiger partial charge in [-0.15, -0.1) is 0 Å². The molecule has 3 N–H and O–H groups in total. The lowest BCUT2D eigenvalue weighted by Crippen LogP contribution is -2.45. The maximum absolute atomic E-state index is 12.7. The number of benzene rings is 2. The van der Waals surface area contributed by atoms with Gasteiger partial charge in [0.05, 0.1) is 12.1 Å². The van der Waals surface area contributed by atoms with Crippen LogP contribution in [0.5, 0.6) is 0 Å². The number of carboxylic acids is 1. The van der Waals surface area contributed by atoms with Crippen LogP contribution in [-0.2, 0) is 14.3 Å². The van der Waals surface area contributed by atoms with Crippen molar-refractivity contribution in [1.82, 2.24) is 10.3 Å². The van der Waals surface area contributed by atoms with Gasteiger partial charge in [0, 0.05) is 12.1 Å². The molecule has 0 aliphatic heterocycles. The van der Waals surface area contributed by atoms with Crippen LogP contribution in [-0.4, -0.2) is 40.7 Å². The Morgan fingerprint density at radius 3 is 2.32 bits per heavy atom. The normalized spacial score (nSPS) is 12.9. The molecule has 1 aliphatic rings. The van der Waals surface area contributed by atoms with Gasteiger partial charge in [0.2, 0.25) is 5.91 Å². The van der Waals surface area contributed by atoms with Crippen molar-refractivity contribution >= 4 is 35.3 Å². The van der Waals surface area contributed by atoms with Crippen molar-refractivity contribution in [1.29, 1.82) is 0 Å². The fourth-order valence-electron chi connectivity index (χ4n) is 4.03. The van der Waals surface area contributed by atoms with Crippen LogP contribution in [0.3, 0.4) is 0 Å². The summed E-state index contributed by atoms with van der Waals surface area (Å²) in [6, 6.07) is 16.0. The van der Waals surface area contributed by atoms with Crippen molar-refractivity contribution in [3.05, 3.63) is 82.6 Å². The Morgan fingerprint density at radius 2 is 1.71 bits per heavy atom. The molecule has 1 unspecified atom stereocenters. The predicted molar refractivity (Wildman–Crippen MR) is 127 cm³/mol. The number of alkyl carbamates (subject to hydrolysis) is 1. The summed E-state index contributed by atoms with van der Waals surface area (Å²) < 4.78 is 5.43. The van der Waals surface area contributed by atoms with Crippen molar-refractivity contribution in [2.75, 3.05) is 11.9 Å². The van der Waals surface area contributed by atoms with Gasteiger partial charge in [-0.05, 0) is 40.8 Å². The number of carboxylic acid groups (broad SMARTS) is 1. The highest BCUT2D eigenvalue weighted by Gasteiger charge is 2.30. The van der Waals surface area contributed by atoms with Gasteiger partial charge in [-0.3, -0.25) is 9.59 Å². The number of carbonyl (C=O) groups excluding carboxylic acids is 2. The zero-order valence-electron chi connectivity index (χ0n) is 18.2. The van der Waals surface area contributed by atoms with Crippen molar-refractivity contribution in [3.63, 3.8) is 0 Å². The lowest BCUT2D eigenvalue weighted by atomic mass is 9.98. The van der Waals surface area contributed by atoms with Gasteiger partial charge in [-0.1, -0.05) is 60.1 Å².